The van der Waals surface area contributed by atoms with Gasteiger partial charge in [0, 0.05) is 14.1 Å². The Morgan fingerprint density at radius 3 is 2.67 bits per heavy atom. The number of hydrogen-bond acceptors (Lipinski definition) is 8. The molecular weight excluding hydrogens is 386 g/mol. The number of aryl methyl sites for hydroxylation is 2. The predicted molar refractivity (Wildman–Crippen MR) is 108 cm³/mol. The summed E-state index contributed by atoms with van der Waals surface area (Å²) in [4.78, 5) is 31.8. The van der Waals surface area contributed by atoms with Crippen LogP contribution in [0.15, 0.2) is 24.4 Å². The molecule has 0 atom stereocenters. The number of hydrogen-bond donors (Lipinski definition) is 2. The number of thiazole rings is 1. The number of anilines is 4. The summed E-state index contributed by atoms with van der Waals surface area (Å²) in [5, 5.41) is 6.84. The third-order valence-electron chi connectivity index (χ3n) is 3.54. The molecule has 0 aliphatic heterocycles. The molecule has 140 valence electrons. The van der Waals surface area contributed by atoms with Gasteiger partial charge in [-0.3, -0.25) is 10.1 Å². The normalized spacial score (nSPS) is 10.6. The van der Waals surface area contributed by atoms with E-state index in [0.29, 0.717) is 38.4 Å². The number of para-hydroxylation sites is 1. The summed E-state index contributed by atoms with van der Waals surface area (Å²) in [5.74, 6) is 1.21. The summed E-state index contributed by atoms with van der Waals surface area (Å²) >= 11 is 7.36. The van der Waals surface area contributed by atoms with E-state index in [9.17, 15) is 4.79 Å². The van der Waals surface area contributed by atoms with Gasteiger partial charge in [-0.2, -0.15) is 15.0 Å². The lowest BCUT2D eigenvalue weighted by Crippen LogP contribution is -2.15. The Balaban J connectivity index is 1.76. The highest BCUT2D eigenvalue weighted by Gasteiger charge is 2.15. The summed E-state index contributed by atoms with van der Waals surface area (Å²) in [6.07, 6.45) is 1.50. The molecule has 2 aromatic heterocycles. The van der Waals surface area contributed by atoms with Crippen LogP contribution in [0.25, 0.3) is 0 Å². The van der Waals surface area contributed by atoms with Gasteiger partial charge >= 0.3 is 0 Å². The minimum absolute atomic E-state index is 0.280. The maximum absolute atomic E-state index is 12.5. The van der Waals surface area contributed by atoms with E-state index in [4.69, 9.17) is 11.6 Å². The summed E-state index contributed by atoms with van der Waals surface area (Å²) in [6.45, 7) is 3.67. The van der Waals surface area contributed by atoms with Crippen LogP contribution in [0.5, 0.6) is 0 Å². The first-order chi connectivity index (χ1) is 12.8. The Hall–Kier alpha value is -2.78. The molecule has 0 radical (unpaired) electrons. The van der Waals surface area contributed by atoms with Gasteiger partial charge in [0.2, 0.25) is 11.9 Å². The van der Waals surface area contributed by atoms with Crippen LogP contribution in [0.3, 0.4) is 0 Å². The Morgan fingerprint density at radius 2 is 1.96 bits per heavy atom. The first-order valence-corrected chi connectivity index (χ1v) is 9.22. The van der Waals surface area contributed by atoms with Crippen LogP contribution in [-0.2, 0) is 0 Å². The van der Waals surface area contributed by atoms with Gasteiger partial charge in [-0.1, -0.05) is 35.1 Å². The standard InChI is InChI=1S/C17H18ClN7OS/c1-9-6-5-7-11(18)13(9)22-14(26)12-8-19-17(27-12)24-15-20-10(2)21-16(23-15)25(3)4/h5-8H,1-4H3,(H,22,26)(H,19,20,21,23,24). The molecule has 2 N–H and O–H groups in total. The molecule has 10 heteroatoms. The van der Waals surface area contributed by atoms with Crippen LogP contribution in [0, 0.1) is 13.8 Å². The SMILES string of the molecule is Cc1nc(Nc2ncc(C(=O)Nc3c(C)cccc3Cl)s2)nc(N(C)C)n1. The highest BCUT2D eigenvalue weighted by atomic mass is 35.5. The maximum Gasteiger partial charge on any atom is 0.267 e. The van der Waals surface area contributed by atoms with Gasteiger partial charge in [0.05, 0.1) is 16.9 Å². The first-order valence-electron chi connectivity index (χ1n) is 8.03. The summed E-state index contributed by atoms with van der Waals surface area (Å²) in [7, 11) is 3.70. The van der Waals surface area contributed by atoms with Crippen molar-refractivity contribution < 1.29 is 4.79 Å². The van der Waals surface area contributed by atoms with E-state index in [1.807, 2.05) is 33.2 Å². The number of carbonyl (C=O) groups excluding carboxylic acids is 1. The molecule has 8 nitrogen and oxygen atoms in total. The van der Waals surface area contributed by atoms with E-state index in [0.717, 1.165) is 5.56 Å². The van der Waals surface area contributed by atoms with Gasteiger partial charge in [0.25, 0.3) is 5.91 Å². The van der Waals surface area contributed by atoms with Crippen LogP contribution in [-0.4, -0.2) is 39.9 Å². The number of benzene rings is 1. The molecule has 2 heterocycles. The fraction of sp³-hybridized carbons (Fsp3) is 0.235. The van der Waals surface area contributed by atoms with E-state index in [1.54, 1.807) is 17.9 Å². The molecule has 0 saturated carbocycles. The predicted octanol–water partition coefficient (Wildman–Crippen LogP) is 3.66. The molecular formula is C17H18ClN7OS. The molecule has 27 heavy (non-hydrogen) atoms. The molecule has 0 bridgehead atoms. The van der Waals surface area contributed by atoms with Crippen molar-refractivity contribution in [3.05, 3.63) is 45.7 Å². The largest absolute Gasteiger partial charge is 0.347 e. The molecule has 0 aliphatic carbocycles. The van der Waals surface area contributed by atoms with Crippen molar-refractivity contribution >= 4 is 51.6 Å². The molecule has 0 saturated heterocycles. The summed E-state index contributed by atoms with van der Waals surface area (Å²) in [6, 6.07) is 5.45. The highest BCUT2D eigenvalue weighted by Crippen LogP contribution is 2.27. The second kappa shape index (κ2) is 7.85. The first kappa shape index (κ1) is 19.0. The van der Waals surface area contributed by atoms with Crippen molar-refractivity contribution in [2.24, 2.45) is 0 Å². The minimum Gasteiger partial charge on any atom is -0.347 e. The highest BCUT2D eigenvalue weighted by molar-refractivity contribution is 7.17. The smallest absolute Gasteiger partial charge is 0.267 e. The zero-order valence-corrected chi connectivity index (χ0v) is 16.8. The molecule has 0 unspecified atom stereocenters. The molecule has 1 aromatic carbocycles. The average Bonchev–Trinajstić information content (AvgIpc) is 3.06. The van der Waals surface area contributed by atoms with Crippen molar-refractivity contribution in [1.82, 2.24) is 19.9 Å². The third kappa shape index (κ3) is 4.50. The van der Waals surface area contributed by atoms with Crippen molar-refractivity contribution in [3.63, 3.8) is 0 Å². The lowest BCUT2D eigenvalue weighted by atomic mass is 10.2. The number of nitrogens with one attached hydrogen (secondary N) is 2. The van der Waals surface area contributed by atoms with Gasteiger partial charge in [-0.15, -0.1) is 0 Å². The summed E-state index contributed by atoms with van der Waals surface area (Å²) in [5.41, 5.74) is 1.48. The number of rotatable bonds is 5. The molecule has 0 aliphatic rings. The topological polar surface area (TPSA) is 95.9 Å². The van der Waals surface area contributed by atoms with Crippen LogP contribution in [0.4, 0.5) is 22.7 Å². The zero-order valence-electron chi connectivity index (χ0n) is 15.2. The molecule has 3 aromatic rings. The van der Waals surface area contributed by atoms with Crippen molar-refractivity contribution in [3.8, 4) is 0 Å². The van der Waals surface area contributed by atoms with Gasteiger partial charge in [0.15, 0.2) is 5.13 Å². The number of amides is 1. The zero-order chi connectivity index (χ0) is 19.6. The lowest BCUT2D eigenvalue weighted by molar-refractivity contribution is 0.103. The molecule has 3 rings (SSSR count). The fourth-order valence-electron chi connectivity index (χ4n) is 2.22. The number of nitrogens with zero attached hydrogens (tertiary/aromatic N) is 5. The lowest BCUT2D eigenvalue weighted by Gasteiger charge is -2.11. The van der Waals surface area contributed by atoms with Crippen LogP contribution in [0.2, 0.25) is 5.02 Å². The van der Waals surface area contributed by atoms with Gasteiger partial charge in [-0.05, 0) is 25.5 Å². The van der Waals surface area contributed by atoms with E-state index in [2.05, 4.69) is 30.6 Å². The quantitative estimate of drug-likeness (QED) is 0.671. The van der Waals surface area contributed by atoms with Gasteiger partial charge in [-0.25, -0.2) is 4.98 Å². The third-order valence-corrected chi connectivity index (χ3v) is 4.77. The van der Waals surface area contributed by atoms with Crippen LogP contribution < -0.4 is 15.5 Å². The number of aromatic nitrogens is 4. The number of carbonyl (C=O) groups is 1. The van der Waals surface area contributed by atoms with Crippen molar-refractivity contribution in [2.75, 3.05) is 29.6 Å². The Morgan fingerprint density at radius 1 is 1.19 bits per heavy atom. The average molecular weight is 404 g/mol. The molecule has 1 amide bonds. The molecule has 0 spiro atoms. The van der Waals surface area contributed by atoms with Gasteiger partial charge < -0.3 is 10.2 Å². The van der Waals surface area contributed by atoms with E-state index < -0.39 is 0 Å². The Kier molecular flexibility index (Phi) is 5.52. The Labute approximate surface area is 165 Å². The van der Waals surface area contributed by atoms with E-state index in [-0.39, 0.29) is 5.91 Å². The van der Waals surface area contributed by atoms with Crippen molar-refractivity contribution in [2.45, 2.75) is 13.8 Å². The monoisotopic (exact) mass is 403 g/mol. The van der Waals surface area contributed by atoms with Crippen LogP contribution in [0.1, 0.15) is 21.1 Å². The second-order valence-corrected chi connectivity index (χ2v) is 7.38. The van der Waals surface area contributed by atoms with E-state index >= 15 is 0 Å². The fourth-order valence-corrected chi connectivity index (χ4v) is 3.20. The van der Waals surface area contributed by atoms with E-state index in [1.165, 1.54) is 17.5 Å². The van der Waals surface area contributed by atoms with Crippen molar-refractivity contribution in [1.29, 1.82) is 0 Å². The Bertz CT molecular complexity index is 969. The molecule has 0 fully saturated rings. The maximum atomic E-state index is 12.5. The number of halogens is 1. The second-order valence-electron chi connectivity index (χ2n) is 5.94. The minimum atomic E-state index is -0.280. The van der Waals surface area contributed by atoms with Crippen LogP contribution >= 0.6 is 22.9 Å². The van der Waals surface area contributed by atoms with Gasteiger partial charge in [0.1, 0.15) is 10.7 Å². The summed E-state index contributed by atoms with van der Waals surface area (Å²) < 4.78 is 0.